The van der Waals surface area contributed by atoms with E-state index < -0.39 is 28.9 Å². The highest BCUT2D eigenvalue weighted by Crippen LogP contribution is 2.45. The van der Waals surface area contributed by atoms with Crippen molar-refractivity contribution in [1.29, 1.82) is 0 Å². The first-order valence-electron chi connectivity index (χ1n) is 17.2. The highest BCUT2D eigenvalue weighted by molar-refractivity contribution is 6.38. The first-order chi connectivity index (χ1) is 23.8. The fraction of sp³-hybridized carbons (Fsp3) is 0.486. The fourth-order valence-corrected chi connectivity index (χ4v) is 9.13. The molecule has 13 heteroatoms. The van der Waals surface area contributed by atoms with Crippen LogP contribution in [0.15, 0.2) is 36.4 Å². The molecule has 4 aliphatic rings. The summed E-state index contributed by atoms with van der Waals surface area (Å²) in [6.07, 6.45) is 2.36. The predicted octanol–water partition coefficient (Wildman–Crippen LogP) is 8.58. The van der Waals surface area contributed by atoms with Gasteiger partial charge in [0.05, 0.1) is 27.7 Å². The second-order valence-electron chi connectivity index (χ2n) is 15.1. The molecule has 0 aliphatic carbocycles. The van der Waals surface area contributed by atoms with Gasteiger partial charge >= 0.3 is 12.1 Å². The van der Waals surface area contributed by atoms with Gasteiger partial charge in [-0.1, -0.05) is 47.5 Å². The Morgan fingerprint density at radius 3 is 2.56 bits per heavy atom. The second-order valence-corrected chi connectivity index (χ2v) is 15.9. The molecule has 0 saturated carbocycles. The number of anilines is 1. The molecular formula is C37H38Cl2F3N5O3. The largest absolute Gasteiger partial charge is 0.461 e. The van der Waals surface area contributed by atoms with E-state index in [1.165, 1.54) is 6.07 Å². The van der Waals surface area contributed by atoms with Crippen molar-refractivity contribution in [2.45, 2.75) is 82.3 Å². The SMILES string of the molecule is CC(C)(C)OC(=O)N1C2CCC1CN(c1nc(OC[C@@]34CCCN3C[C@H](F)C4)nc3c(F)c(-c4cccc5ccc(F)c(Cl)c45)c(Cl)cc13)C2. The van der Waals surface area contributed by atoms with Gasteiger partial charge in [-0.05, 0) is 76.1 Å². The van der Waals surface area contributed by atoms with Gasteiger partial charge in [-0.2, -0.15) is 9.97 Å². The normalized spacial score (nSPS) is 25.2. The number of hydrogen-bond acceptors (Lipinski definition) is 7. The van der Waals surface area contributed by atoms with Crippen molar-refractivity contribution in [3.63, 3.8) is 0 Å². The fourth-order valence-electron chi connectivity index (χ4n) is 8.57. The van der Waals surface area contributed by atoms with Crippen molar-refractivity contribution >= 4 is 56.8 Å². The molecule has 50 heavy (non-hydrogen) atoms. The molecule has 4 saturated heterocycles. The highest BCUT2D eigenvalue weighted by Gasteiger charge is 2.50. The third-order valence-corrected chi connectivity index (χ3v) is 11.3. The topological polar surface area (TPSA) is 71.0 Å². The molecule has 5 heterocycles. The van der Waals surface area contributed by atoms with Gasteiger partial charge in [-0.3, -0.25) is 9.80 Å². The summed E-state index contributed by atoms with van der Waals surface area (Å²) in [4.78, 5) is 28.7. The zero-order chi connectivity index (χ0) is 35.1. The van der Waals surface area contributed by atoms with Crippen LogP contribution in [0.4, 0.5) is 23.8 Å². The number of fused-ring (bicyclic) bond motifs is 5. The number of aromatic nitrogens is 2. The summed E-state index contributed by atoms with van der Waals surface area (Å²) in [6.45, 7) is 7.72. The van der Waals surface area contributed by atoms with E-state index in [-0.39, 0.29) is 51.9 Å². The Morgan fingerprint density at radius 1 is 1.06 bits per heavy atom. The number of nitrogens with zero attached hydrogens (tertiary/aromatic N) is 5. The minimum atomic E-state index is -0.941. The van der Waals surface area contributed by atoms with E-state index in [9.17, 15) is 13.6 Å². The quantitative estimate of drug-likeness (QED) is 0.204. The lowest BCUT2D eigenvalue weighted by molar-refractivity contribution is 0.0122. The van der Waals surface area contributed by atoms with Crippen molar-refractivity contribution in [2.75, 3.05) is 37.7 Å². The summed E-state index contributed by atoms with van der Waals surface area (Å²) in [5.41, 5.74) is -0.775. The first-order valence-corrected chi connectivity index (χ1v) is 17.9. The number of alkyl halides is 1. The van der Waals surface area contributed by atoms with Crippen LogP contribution in [0.1, 0.15) is 52.9 Å². The number of hydrogen-bond donors (Lipinski definition) is 0. The molecule has 4 aromatic rings. The number of ether oxygens (including phenoxy) is 2. The van der Waals surface area contributed by atoms with Crippen LogP contribution in [0, 0.1) is 11.6 Å². The van der Waals surface area contributed by atoms with Gasteiger partial charge in [0.15, 0.2) is 5.82 Å². The van der Waals surface area contributed by atoms with Crippen LogP contribution in [0.25, 0.3) is 32.8 Å². The number of piperazine rings is 1. The van der Waals surface area contributed by atoms with Gasteiger partial charge in [0.1, 0.15) is 35.5 Å². The number of carbonyl (C=O) groups is 1. The summed E-state index contributed by atoms with van der Waals surface area (Å²) in [5.74, 6) is -0.933. The Hall–Kier alpha value is -3.54. The number of halogens is 5. The van der Waals surface area contributed by atoms with Gasteiger partial charge in [-0.15, -0.1) is 0 Å². The Labute approximate surface area is 298 Å². The van der Waals surface area contributed by atoms with Crippen molar-refractivity contribution in [2.24, 2.45) is 0 Å². The molecule has 1 aromatic heterocycles. The molecule has 0 N–H and O–H groups in total. The molecule has 4 aliphatic heterocycles. The van der Waals surface area contributed by atoms with Crippen molar-refractivity contribution < 1.29 is 27.4 Å². The standard InChI is InChI=1S/C37H38Cl2F3N5O3/c1-36(2,3)50-35(48)47-22-9-10-23(47)18-45(17-22)33-25-14-26(38)29(24-7-4-6-20-8-11-27(41)30(39)28(20)24)31(42)32(25)43-34(44-33)49-19-37-12-5-13-46(37)16-21(40)15-37/h4,6-8,11,14,21-23H,5,9-10,12-13,15-19H2,1-3H3/t21-,22?,23?,37+/m1/s1. The molecule has 0 radical (unpaired) electrons. The van der Waals surface area contributed by atoms with E-state index in [1.54, 1.807) is 30.3 Å². The summed E-state index contributed by atoms with van der Waals surface area (Å²) in [7, 11) is 0. The maximum Gasteiger partial charge on any atom is 0.410 e. The summed E-state index contributed by atoms with van der Waals surface area (Å²) < 4.78 is 58.4. The van der Waals surface area contributed by atoms with Crippen LogP contribution in [0.5, 0.6) is 6.01 Å². The summed E-state index contributed by atoms with van der Waals surface area (Å²) in [5, 5.41) is 1.27. The molecule has 2 unspecified atom stereocenters. The van der Waals surface area contributed by atoms with Crippen LogP contribution >= 0.6 is 23.2 Å². The van der Waals surface area contributed by atoms with Crippen LogP contribution in [-0.4, -0.2) is 88.0 Å². The van der Waals surface area contributed by atoms with Crippen molar-refractivity contribution in [3.05, 3.63) is 58.1 Å². The van der Waals surface area contributed by atoms with E-state index in [4.69, 9.17) is 37.7 Å². The predicted molar refractivity (Wildman–Crippen MR) is 188 cm³/mol. The highest BCUT2D eigenvalue weighted by atomic mass is 35.5. The Balaban J connectivity index is 1.23. The molecule has 3 aromatic carbocycles. The lowest BCUT2D eigenvalue weighted by atomic mass is 9.95. The third-order valence-electron chi connectivity index (χ3n) is 10.7. The number of rotatable bonds is 5. The monoisotopic (exact) mass is 727 g/mol. The maximum absolute atomic E-state index is 17.1. The molecule has 0 spiro atoms. The van der Waals surface area contributed by atoms with Crippen LogP contribution in [0.3, 0.4) is 0 Å². The maximum atomic E-state index is 17.1. The number of benzene rings is 3. The van der Waals surface area contributed by atoms with E-state index in [0.717, 1.165) is 32.2 Å². The van der Waals surface area contributed by atoms with Gasteiger partial charge in [-0.25, -0.2) is 18.0 Å². The Bertz CT molecular complexity index is 2010. The smallest absolute Gasteiger partial charge is 0.410 e. The van der Waals surface area contributed by atoms with E-state index in [0.29, 0.717) is 53.6 Å². The van der Waals surface area contributed by atoms with Gasteiger partial charge in [0.25, 0.3) is 0 Å². The Kier molecular flexibility index (Phi) is 8.27. The van der Waals surface area contributed by atoms with E-state index in [2.05, 4.69) is 9.88 Å². The third kappa shape index (κ3) is 5.69. The molecule has 4 fully saturated rings. The number of amides is 1. The average molecular weight is 729 g/mol. The van der Waals surface area contributed by atoms with Crippen LogP contribution in [0.2, 0.25) is 10.0 Å². The van der Waals surface area contributed by atoms with E-state index >= 15 is 4.39 Å². The van der Waals surface area contributed by atoms with Crippen molar-refractivity contribution in [3.8, 4) is 17.1 Å². The van der Waals surface area contributed by atoms with E-state index in [1.807, 2.05) is 30.6 Å². The zero-order valence-electron chi connectivity index (χ0n) is 28.1. The summed E-state index contributed by atoms with van der Waals surface area (Å²) >= 11 is 13.4. The molecule has 1 amide bonds. The van der Waals surface area contributed by atoms with Gasteiger partial charge < -0.3 is 14.4 Å². The minimum absolute atomic E-state index is 0.0218. The second kappa shape index (κ2) is 12.3. The van der Waals surface area contributed by atoms with Crippen molar-refractivity contribution in [1.82, 2.24) is 19.8 Å². The van der Waals surface area contributed by atoms with Gasteiger partial charge in [0, 0.05) is 42.4 Å². The molecule has 2 bridgehead atoms. The molecular weight excluding hydrogens is 690 g/mol. The summed E-state index contributed by atoms with van der Waals surface area (Å²) in [6, 6.07) is 9.32. The lowest BCUT2D eigenvalue weighted by Crippen LogP contribution is -2.57. The number of carbonyl (C=O) groups excluding carboxylic acids is 1. The molecule has 264 valence electrons. The van der Waals surface area contributed by atoms with Gasteiger partial charge in [0.2, 0.25) is 0 Å². The first kappa shape index (κ1) is 33.6. The molecule has 8 rings (SSSR count). The average Bonchev–Trinajstić information content (AvgIpc) is 3.67. The minimum Gasteiger partial charge on any atom is -0.461 e. The lowest BCUT2D eigenvalue weighted by Gasteiger charge is -2.42. The molecule has 8 nitrogen and oxygen atoms in total. The van der Waals surface area contributed by atoms with Crippen LogP contribution in [-0.2, 0) is 4.74 Å². The molecule has 4 atom stereocenters. The zero-order valence-corrected chi connectivity index (χ0v) is 29.6. The Morgan fingerprint density at radius 2 is 1.82 bits per heavy atom. The van der Waals surface area contributed by atoms with Crippen LogP contribution < -0.4 is 9.64 Å².